The maximum Gasteiger partial charge on any atom is 0.228 e. The fourth-order valence-electron chi connectivity index (χ4n) is 3.95. The highest BCUT2D eigenvalue weighted by Crippen LogP contribution is 2.37. The fraction of sp³-hybridized carbons (Fsp3) is 0.632. The summed E-state index contributed by atoms with van der Waals surface area (Å²) in [7, 11) is 0. The lowest BCUT2D eigenvalue weighted by atomic mass is 9.88. The summed E-state index contributed by atoms with van der Waals surface area (Å²) in [5.74, 6) is 0.625. The molecule has 0 aromatic heterocycles. The van der Waals surface area contributed by atoms with Gasteiger partial charge in [-0.1, -0.05) is 29.8 Å². The van der Waals surface area contributed by atoms with Crippen molar-refractivity contribution >= 4 is 18.3 Å². The summed E-state index contributed by atoms with van der Waals surface area (Å²) in [5, 5.41) is 0. The maximum absolute atomic E-state index is 13.1. The van der Waals surface area contributed by atoms with E-state index in [2.05, 4.69) is 38.1 Å². The average Bonchev–Trinajstić information content (AvgIpc) is 2.96. The minimum absolute atomic E-state index is 0. The summed E-state index contributed by atoms with van der Waals surface area (Å²) >= 11 is 0. The van der Waals surface area contributed by atoms with Crippen LogP contribution in [0.2, 0.25) is 0 Å². The molecule has 0 bridgehead atoms. The molecule has 2 aliphatic rings. The second-order valence-corrected chi connectivity index (χ2v) is 7.13. The maximum atomic E-state index is 13.1. The van der Waals surface area contributed by atoms with Gasteiger partial charge in [0.2, 0.25) is 5.91 Å². The van der Waals surface area contributed by atoms with E-state index in [1.807, 2.05) is 4.90 Å². The molecule has 2 N–H and O–H groups in total. The van der Waals surface area contributed by atoms with E-state index >= 15 is 0 Å². The molecule has 2 saturated heterocycles. The van der Waals surface area contributed by atoms with Crippen LogP contribution in [0.3, 0.4) is 0 Å². The van der Waals surface area contributed by atoms with E-state index in [4.69, 9.17) is 10.5 Å². The standard InChI is InChI=1S/C19H28N2O2.ClH/c1-13-5-7-16(8-6-13)18-17(4-3-9-23-18)19(22)21-12-15(11-20)10-14(21)2;/h5-8,14-15,17-18H,3-4,9-12,20H2,1-2H3;1H. The van der Waals surface area contributed by atoms with Gasteiger partial charge in [-0.3, -0.25) is 4.79 Å². The van der Waals surface area contributed by atoms with Crippen LogP contribution in [0.1, 0.15) is 43.4 Å². The highest BCUT2D eigenvalue weighted by Gasteiger charge is 2.40. The van der Waals surface area contributed by atoms with Crippen LogP contribution < -0.4 is 5.73 Å². The van der Waals surface area contributed by atoms with E-state index in [0.717, 1.165) is 38.0 Å². The number of benzene rings is 1. The van der Waals surface area contributed by atoms with Gasteiger partial charge in [0.25, 0.3) is 0 Å². The number of amides is 1. The summed E-state index contributed by atoms with van der Waals surface area (Å²) in [4.78, 5) is 15.2. The Morgan fingerprint density at radius 1 is 1.33 bits per heavy atom. The van der Waals surface area contributed by atoms with Crippen molar-refractivity contribution in [2.24, 2.45) is 17.6 Å². The zero-order valence-electron chi connectivity index (χ0n) is 14.6. The third-order valence-corrected chi connectivity index (χ3v) is 5.32. The Kier molecular flexibility index (Phi) is 6.67. The van der Waals surface area contributed by atoms with Crippen LogP contribution in [0, 0.1) is 18.8 Å². The van der Waals surface area contributed by atoms with Gasteiger partial charge in [-0.05, 0) is 51.1 Å². The Labute approximate surface area is 151 Å². The molecule has 24 heavy (non-hydrogen) atoms. The summed E-state index contributed by atoms with van der Waals surface area (Å²) in [6, 6.07) is 8.68. The number of nitrogens with two attached hydrogens (primary N) is 1. The van der Waals surface area contributed by atoms with Crippen molar-refractivity contribution in [2.45, 2.75) is 45.3 Å². The first kappa shape index (κ1) is 19.2. The monoisotopic (exact) mass is 352 g/mol. The number of ether oxygens (including phenoxy) is 1. The van der Waals surface area contributed by atoms with Crippen molar-refractivity contribution in [1.29, 1.82) is 0 Å². The van der Waals surface area contributed by atoms with Crippen molar-refractivity contribution in [3.63, 3.8) is 0 Å². The molecule has 2 aliphatic heterocycles. The normalized spacial score (nSPS) is 30.0. The van der Waals surface area contributed by atoms with Gasteiger partial charge < -0.3 is 15.4 Å². The summed E-state index contributed by atoms with van der Waals surface area (Å²) in [6.07, 6.45) is 2.78. The molecule has 0 aliphatic carbocycles. The zero-order chi connectivity index (χ0) is 16.4. The Balaban J connectivity index is 0.00000208. The van der Waals surface area contributed by atoms with Gasteiger partial charge in [0, 0.05) is 19.2 Å². The molecule has 4 unspecified atom stereocenters. The lowest BCUT2D eigenvalue weighted by Gasteiger charge is -2.35. The highest BCUT2D eigenvalue weighted by atomic mass is 35.5. The number of halogens is 1. The molecule has 5 heteroatoms. The molecule has 2 heterocycles. The van der Waals surface area contributed by atoms with Crippen LogP contribution >= 0.6 is 12.4 Å². The predicted octanol–water partition coefficient (Wildman–Crippen LogP) is 3.08. The highest BCUT2D eigenvalue weighted by molar-refractivity contribution is 5.85. The molecular weight excluding hydrogens is 324 g/mol. The molecule has 134 valence electrons. The molecule has 0 spiro atoms. The summed E-state index contributed by atoms with van der Waals surface area (Å²) < 4.78 is 6.01. The molecule has 0 radical (unpaired) electrons. The number of hydrogen-bond donors (Lipinski definition) is 1. The van der Waals surface area contributed by atoms with Gasteiger partial charge in [0.1, 0.15) is 0 Å². The Bertz CT molecular complexity index is 549. The van der Waals surface area contributed by atoms with Crippen LogP contribution in [0.25, 0.3) is 0 Å². The number of carbonyl (C=O) groups excluding carboxylic acids is 1. The number of hydrogen-bond acceptors (Lipinski definition) is 3. The van der Waals surface area contributed by atoms with E-state index < -0.39 is 0 Å². The van der Waals surface area contributed by atoms with Crippen LogP contribution in [0.4, 0.5) is 0 Å². The quantitative estimate of drug-likeness (QED) is 0.909. The Morgan fingerprint density at radius 3 is 2.67 bits per heavy atom. The first-order chi connectivity index (χ1) is 11.1. The molecule has 4 atom stereocenters. The largest absolute Gasteiger partial charge is 0.373 e. The van der Waals surface area contributed by atoms with Gasteiger partial charge in [0.15, 0.2) is 0 Å². The molecule has 1 aromatic rings. The molecular formula is C19H29ClN2O2. The second-order valence-electron chi connectivity index (χ2n) is 7.13. The van der Waals surface area contributed by atoms with E-state index in [9.17, 15) is 4.79 Å². The van der Waals surface area contributed by atoms with Gasteiger partial charge in [-0.25, -0.2) is 0 Å². The van der Waals surface area contributed by atoms with Gasteiger partial charge in [-0.2, -0.15) is 0 Å². The molecule has 4 nitrogen and oxygen atoms in total. The third-order valence-electron chi connectivity index (χ3n) is 5.32. The van der Waals surface area contributed by atoms with Gasteiger partial charge in [0.05, 0.1) is 12.0 Å². The lowest BCUT2D eigenvalue weighted by molar-refractivity contribution is -0.146. The van der Waals surface area contributed by atoms with Gasteiger partial charge >= 0.3 is 0 Å². The SMILES string of the molecule is Cc1ccc(C2OCCCC2C(=O)N2CC(CN)CC2C)cc1.Cl. The number of nitrogens with zero attached hydrogens (tertiary/aromatic N) is 1. The number of likely N-dealkylation sites (tertiary alicyclic amines) is 1. The van der Waals surface area contributed by atoms with Crippen molar-refractivity contribution in [1.82, 2.24) is 4.90 Å². The molecule has 2 fully saturated rings. The predicted molar refractivity (Wildman–Crippen MR) is 98.2 cm³/mol. The summed E-state index contributed by atoms with van der Waals surface area (Å²) in [5.41, 5.74) is 8.16. The molecule has 0 saturated carbocycles. The van der Waals surface area contributed by atoms with Crippen LogP contribution in [0.5, 0.6) is 0 Å². The van der Waals surface area contributed by atoms with E-state index in [0.29, 0.717) is 12.5 Å². The van der Waals surface area contributed by atoms with Crippen molar-refractivity contribution in [3.05, 3.63) is 35.4 Å². The molecule has 1 amide bonds. The first-order valence-corrected chi connectivity index (χ1v) is 8.79. The zero-order valence-corrected chi connectivity index (χ0v) is 15.4. The Morgan fingerprint density at radius 2 is 2.04 bits per heavy atom. The minimum atomic E-state index is -0.110. The van der Waals surface area contributed by atoms with Crippen molar-refractivity contribution in [2.75, 3.05) is 19.7 Å². The van der Waals surface area contributed by atoms with Crippen LogP contribution in [-0.2, 0) is 9.53 Å². The number of rotatable bonds is 3. The van der Waals surface area contributed by atoms with Crippen LogP contribution in [-0.4, -0.2) is 36.5 Å². The summed E-state index contributed by atoms with van der Waals surface area (Å²) in [6.45, 7) is 6.42. The Hall–Kier alpha value is -1.10. The smallest absolute Gasteiger partial charge is 0.228 e. The van der Waals surface area contributed by atoms with Gasteiger partial charge in [-0.15, -0.1) is 12.4 Å². The first-order valence-electron chi connectivity index (χ1n) is 8.79. The van der Waals surface area contributed by atoms with Crippen molar-refractivity contribution in [3.8, 4) is 0 Å². The van der Waals surface area contributed by atoms with E-state index in [-0.39, 0.29) is 36.4 Å². The molecule has 3 rings (SSSR count). The van der Waals surface area contributed by atoms with E-state index in [1.165, 1.54) is 5.56 Å². The van der Waals surface area contributed by atoms with E-state index in [1.54, 1.807) is 0 Å². The topological polar surface area (TPSA) is 55.6 Å². The molecule has 1 aromatic carbocycles. The minimum Gasteiger partial charge on any atom is -0.373 e. The third kappa shape index (κ3) is 3.93. The second kappa shape index (κ2) is 8.32. The average molecular weight is 353 g/mol. The number of aryl methyl sites for hydroxylation is 1. The lowest BCUT2D eigenvalue weighted by Crippen LogP contribution is -2.42. The number of carbonyl (C=O) groups is 1. The van der Waals surface area contributed by atoms with Crippen LogP contribution in [0.15, 0.2) is 24.3 Å². The fourth-order valence-corrected chi connectivity index (χ4v) is 3.95. The van der Waals surface area contributed by atoms with Crippen molar-refractivity contribution < 1.29 is 9.53 Å².